The molecule has 0 saturated heterocycles. The van der Waals surface area contributed by atoms with Crippen LogP contribution in [0.2, 0.25) is 0 Å². The van der Waals surface area contributed by atoms with Crippen LogP contribution in [0.1, 0.15) is 53.6 Å². The molecule has 1 fully saturated rings. The van der Waals surface area contributed by atoms with E-state index >= 15 is 0 Å². The third-order valence-corrected chi connectivity index (χ3v) is 10.1. The lowest BCUT2D eigenvalue weighted by atomic mass is 9.96. The second-order valence-electron chi connectivity index (χ2n) is 10.0. The van der Waals surface area contributed by atoms with Gasteiger partial charge in [0.25, 0.3) is 11.6 Å². The van der Waals surface area contributed by atoms with Gasteiger partial charge in [0.2, 0.25) is 15.2 Å². The zero-order valence-corrected chi connectivity index (χ0v) is 24.3. The standard InChI is InChI=1S/C29H29N5O5S2/c1-20-8-17-26-27(18-20)40-29(31-26)33(30-19-21-9-13-24(14-10-21)34(36)37)28(35)22-11-15-25(16-12-22)41(38,39)32(2)23-6-4-3-5-7-23/h8-19,23H,3-7H2,1-2H3/b30-19+. The molecule has 10 nitrogen and oxygen atoms in total. The van der Waals surface area contributed by atoms with Crippen LogP contribution in [-0.2, 0) is 10.0 Å². The summed E-state index contributed by atoms with van der Waals surface area (Å²) >= 11 is 1.30. The van der Waals surface area contributed by atoms with Crippen LogP contribution in [0.15, 0.2) is 76.7 Å². The minimum absolute atomic E-state index is 0.0259. The Morgan fingerprint density at radius 3 is 2.39 bits per heavy atom. The molecule has 212 valence electrons. The number of rotatable bonds is 8. The van der Waals surface area contributed by atoms with E-state index < -0.39 is 20.9 Å². The first-order valence-corrected chi connectivity index (χ1v) is 15.5. The van der Waals surface area contributed by atoms with Crippen molar-refractivity contribution in [1.29, 1.82) is 0 Å². The number of nitro benzene ring substituents is 1. The van der Waals surface area contributed by atoms with Gasteiger partial charge in [-0.2, -0.15) is 14.4 Å². The van der Waals surface area contributed by atoms with Gasteiger partial charge < -0.3 is 0 Å². The number of carbonyl (C=O) groups is 1. The van der Waals surface area contributed by atoms with Gasteiger partial charge in [-0.15, -0.1) is 0 Å². The van der Waals surface area contributed by atoms with Crippen molar-refractivity contribution in [2.45, 2.75) is 50.0 Å². The third kappa shape index (κ3) is 6.19. The van der Waals surface area contributed by atoms with Crippen molar-refractivity contribution >= 4 is 54.5 Å². The van der Waals surface area contributed by atoms with E-state index in [0.717, 1.165) is 42.4 Å². The van der Waals surface area contributed by atoms with Crippen molar-refractivity contribution in [3.05, 3.63) is 93.5 Å². The largest absolute Gasteiger partial charge is 0.280 e. The summed E-state index contributed by atoms with van der Waals surface area (Å²) in [7, 11) is -2.09. The maximum Gasteiger partial charge on any atom is 0.280 e. The number of carbonyl (C=O) groups excluding carboxylic acids is 1. The Hall–Kier alpha value is -4.00. The number of nitro groups is 1. The molecule has 0 radical (unpaired) electrons. The van der Waals surface area contributed by atoms with Gasteiger partial charge in [0, 0.05) is 30.8 Å². The van der Waals surface area contributed by atoms with E-state index in [-0.39, 0.29) is 22.2 Å². The number of hydrazone groups is 1. The maximum absolute atomic E-state index is 13.7. The highest BCUT2D eigenvalue weighted by molar-refractivity contribution is 7.89. The number of aryl methyl sites for hydroxylation is 1. The Morgan fingerprint density at radius 1 is 1.05 bits per heavy atom. The molecular weight excluding hydrogens is 562 g/mol. The van der Waals surface area contributed by atoms with E-state index in [4.69, 9.17) is 0 Å². The molecule has 1 heterocycles. The molecule has 0 bridgehead atoms. The van der Waals surface area contributed by atoms with E-state index in [2.05, 4.69) is 10.1 Å². The quantitative estimate of drug-likeness (QED) is 0.137. The summed E-state index contributed by atoms with van der Waals surface area (Å²) in [4.78, 5) is 29.0. The number of non-ortho nitro benzene ring substituents is 1. The lowest BCUT2D eigenvalue weighted by Crippen LogP contribution is -2.38. The molecule has 12 heteroatoms. The molecule has 5 rings (SSSR count). The number of fused-ring (bicyclic) bond motifs is 1. The molecule has 0 unspecified atom stereocenters. The van der Waals surface area contributed by atoms with Crippen molar-refractivity contribution in [2.75, 3.05) is 12.1 Å². The predicted octanol–water partition coefficient (Wildman–Crippen LogP) is 6.15. The molecule has 1 amide bonds. The molecule has 0 N–H and O–H groups in total. The number of amides is 1. The number of thiazole rings is 1. The van der Waals surface area contributed by atoms with Crippen LogP contribution in [0.5, 0.6) is 0 Å². The number of benzene rings is 3. The Kier molecular flexibility index (Phi) is 8.25. The molecule has 1 aliphatic rings. The van der Waals surface area contributed by atoms with Gasteiger partial charge in [-0.05, 0) is 79.4 Å². The zero-order valence-electron chi connectivity index (χ0n) is 22.6. The average molecular weight is 592 g/mol. The second-order valence-corrected chi connectivity index (χ2v) is 13.0. The summed E-state index contributed by atoms with van der Waals surface area (Å²) in [6, 6.07) is 17.4. The maximum atomic E-state index is 13.7. The molecule has 1 aliphatic carbocycles. The van der Waals surface area contributed by atoms with Gasteiger partial charge >= 0.3 is 0 Å². The van der Waals surface area contributed by atoms with E-state index in [1.165, 1.54) is 75.4 Å². The fourth-order valence-electron chi connectivity index (χ4n) is 4.80. The third-order valence-electron chi connectivity index (χ3n) is 7.20. The van der Waals surface area contributed by atoms with Gasteiger partial charge in [-0.1, -0.05) is 36.7 Å². The number of aromatic nitrogens is 1. The van der Waals surface area contributed by atoms with Crippen molar-refractivity contribution in [1.82, 2.24) is 9.29 Å². The zero-order chi connectivity index (χ0) is 29.1. The summed E-state index contributed by atoms with van der Waals surface area (Å²) in [5, 5.41) is 16.9. The number of sulfonamides is 1. The Labute approximate surface area is 242 Å². The summed E-state index contributed by atoms with van der Waals surface area (Å²) in [5.41, 5.74) is 2.50. The second kappa shape index (κ2) is 11.9. The van der Waals surface area contributed by atoms with Gasteiger partial charge in [0.1, 0.15) is 0 Å². The highest BCUT2D eigenvalue weighted by Crippen LogP contribution is 2.31. The monoisotopic (exact) mass is 591 g/mol. The van der Waals surface area contributed by atoms with Crippen LogP contribution in [0.25, 0.3) is 10.2 Å². The van der Waals surface area contributed by atoms with E-state index in [0.29, 0.717) is 16.2 Å². The highest BCUT2D eigenvalue weighted by Gasteiger charge is 2.29. The normalized spacial score (nSPS) is 14.6. The smallest absolute Gasteiger partial charge is 0.267 e. The highest BCUT2D eigenvalue weighted by atomic mass is 32.2. The van der Waals surface area contributed by atoms with Crippen molar-refractivity contribution in [3.63, 3.8) is 0 Å². The molecule has 0 atom stereocenters. The van der Waals surface area contributed by atoms with Crippen LogP contribution in [0, 0.1) is 17.0 Å². The summed E-state index contributed by atoms with van der Waals surface area (Å²) in [6.45, 7) is 1.97. The Bertz CT molecular complexity index is 1710. The van der Waals surface area contributed by atoms with Crippen LogP contribution < -0.4 is 5.01 Å². The molecule has 41 heavy (non-hydrogen) atoms. The molecule has 1 aromatic heterocycles. The molecule has 0 aliphatic heterocycles. The lowest BCUT2D eigenvalue weighted by Gasteiger charge is -2.30. The summed E-state index contributed by atoms with van der Waals surface area (Å²) < 4.78 is 28.9. The van der Waals surface area contributed by atoms with E-state index in [1.54, 1.807) is 7.05 Å². The SMILES string of the molecule is Cc1ccc2nc(N(/N=C/c3ccc([N+](=O)[O-])cc3)C(=O)c3ccc(S(=O)(=O)N(C)C4CCCCC4)cc3)sc2c1. The molecule has 0 spiro atoms. The fourth-order valence-corrected chi connectivity index (χ4v) is 7.24. The van der Waals surface area contributed by atoms with Crippen molar-refractivity contribution in [3.8, 4) is 0 Å². The molecule has 3 aromatic carbocycles. The number of nitrogens with zero attached hydrogens (tertiary/aromatic N) is 5. The van der Waals surface area contributed by atoms with Crippen molar-refractivity contribution in [2.24, 2.45) is 5.10 Å². The molecular formula is C29H29N5O5S2. The molecule has 1 saturated carbocycles. The first kappa shape index (κ1) is 28.5. The van der Waals surface area contributed by atoms with Gasteiger partial charge in [0.15, 0.2) is 0 Å². The topological polar surface area (TPSA) is 126 Å². The van der Waals surface area contributed by atoms with Crippen LogP contribution >= 0.6 is 11.3 Å². The average Bonchev–Trinajstić information content (AvgIpc) is 3.40. The summed E-state index contributed by atoms with van der Waals surface area (Å²) in [5.74, 6) is -0.497. The number of hydrogen-bond donors (Lipinski definition) is 0. The van der Waals surface area contributed by atoms with Gasteiger partial charge in [-0.25, -0.2) is 13.4 Å². The minimum atomic E-state index is -3.71. The number of anilines is 1. The minimum Gasteiger partial charge on any atom is -0.267 e. The van der Waals surface area contributed by atoms with Crippen molar-refractivity contribution < 1.29 is 18.1 Å². The van der Waals surface area contributed by atoms with E-state index in [9.17, 15) is 23.3 Å². The van der Waals surface area contributed by atoms with Gasteiger partial charge in [-0.3, -0.25) is 14.9 Å². The van der Waals surface area contributed by atoms with Crippen LogP contribution in [-0.4, -0.2) is 47.8 Å². The lowest BCUT2D eigenvalue weighted by molar-refractivity contribution is -0.384. The van der Waals surface area contributed by atoms with Crippen LogP contribution in [0.4, 0.5) is 10.8 Å². The first-order chi connectivity index (χ1) is 19.6. The fraction of sp³-hybridized carbons (Fsp3) is 0.276. The Morgan fingerprint density at radius 2 is 1.73 bits per heavy atom. The van der Waals surface area contributed by atoms with Gasteiger partial charge in [0.05, 0.1) is 26.3 Å². The number of hydrogen-bond acceptors (Lipinski definition) is 8. The Balaban J connectivity index is 1.45. The van der Waals surface area contributed by atoms with Crippen LogP contribution in [0.3, 0.4) is 0 Å². The molecule has 4 aromatic rings. The summed E-state index contributed by atoms with van der Waals surface area (Å²) in [6.07, 6.45) is 6.26. The predicted molar refractivity (Wildman–Crippen MR) is 160 cm³/mol. The first-order valence-electron chi connectivity index (χ1n) is 13.2. The van der Waals surface area contributed by atoms with E-state index in [1.807, 2.05) is 25.1 Å².